The molecule has 0 fully saturated rings. The van der Waals surface area contributed by atoms with Gasteiger partial charge < -0.3 is 14.9 Å². The molecule has 2 aromatic heterocycles. The van der Waals surface area contributed by atoms with E-state index < -0.39 is 35.7 Å². The van der Waals surface area contributed by atoms with E-state index in [2.05, 4.69) is 0 Å². The van der Waals surface area contributed by atoms with E-state index in [1.165, 1.54) is 22.7 Å². The largest absolute Gasteiger partial charge is 0.481 e. The number of aliphatic carboxylic acids is 2. The predicted molar refractivity (Wildman–Crippen MR) is 99.0 cm³/mol. The number of carbonyl (C=O) groups is 4. The quantitative estimate of drug-likeness (QED) is 0.455. The molecule has 0 aliphatic heterocycles. The maximum absolute atomic E-state index is 12.1. The zero-order valence-electron chi connectivity index (χ0n) is 14.2. The number of carboxylic acid groups (broad SMARTS) is 2. The molecule has 2 atom stereocenters. The van der Waals surface area contributed by atoms with Crippen molar-refractivity contribution in [3.8, 4) is 0 Å². The number of carboxylic acids is 2. The molecule has 2 heterocycles. The number of esters is 2. The Morgan fingerprint density at radius 3 is 1.48 bits per heavy atom. The van der Waals surface area contributed by atoms with Gasteiger partial charge >= 0.3 is 23.9 Å². The van der Waals surface area contributed by atoms with Gasteiger partial charge in [-0.2, -0.15) is 0 Å². The van der Waals surface area contributed by atoms with Crippen molar-refractivity contribution in [1.82, 2.24) is 0 Å². The lowest BCUT2D eigenvalue weighted by Crippen LogP contribution is -2.19. The summed E-state index contributed by atoms with van der Waals surface area (Å²) < 4.78 is 4.82. The lowest BCUT2D eigenvalue weighted by atomic mass is 9.99. The molecule has 2 rings (SSSR count). The zero-order chi connectivity index (χ0) is 19.8. The van der Waals surface area contributed by atoms with E-state index in [-0.39, 0.29) is 25.7 Å². The minimum Gasteiger partial charge on any atom is -0.481 e. The molecule has 0 saturated carbocycles. The average molecular weight is 410 g/mol. The van der Waals surface area contributed by atoms with Crippen LogP contribution in [-0.2, 0) is 23.9 Å². The van der Waals surface area contributed by atoms with Gasteiger partial charge in [-0.05, 0) is 22.9 Å². The Hall–Kier alpha value is -2.52. The van der Waals surface area contributed by atoms with Gasteiger partial charge in [0.25, 0.3) is 0 Å². The molecular formula is C18H18O7S2. The van der Waals surface area contributed by atoms with Crippen LogP contribution < -0.4 is 0 Å². The molecule has 144 valence electrons. The second kappa shape index (κ2) is 9.98. The highest BCUT2D eigenvalue weighted by atomic mass is 32.1. The molecule has 2 aromatic rings. The van der Waals surface area contributed by atoms with Gasteiger partial charge in [0.1, 0.15) is 0 Å². The van der Waals surface area contributed by atoms with Crippen LogP contribution in [-0.4, -0.2) is 34.1 Å². The standard InChI is InChI=1S/C18H18O7S2/c19-15(20)7-11(13-3-1-5-26-13)9-17(23)25-18(24)10-12(8-16(21)22)14-4-2-6-27-14/h1-6,11-12H,7-10H2,(H,19,20)(H,21,22). The third kappa shape index (κ3) is 6.95. The van der Waals surface area contributed by atoms with Gasteiger partial charge in [0.2, 0.25) is 0 Å². The van der Waals surface area contributed by atoms with Crippen molar-refractivity contribution < 1.29 is 34.1 Å². The van der Waals surface area contributed by atoms with Crippen molar-refractivity contribution in [2.45, 2.75) is 37.5 Å². The summed E-state index contributed by atoms with van der Waals surface area (Å²) in [6, 6.07) is 6.96. The number of hydrogen-bond donors (Lipinski definition) is 2. The fourth-order valence-electron chi connectivity index (χ4n) is 2.63. The van der Waals surface area contributed by atoms with Crippen LogP contribution in [0.15, 0.2) is 35.0 Å². The van der Waals surface area contributed by atoms with Crippen LogP contribution >= 0.6 is 22.7 Å². The topological polar surface area (TPSA) is 118 Å². The number of ether oxygens (including phenoxy) is 1. The number of thiophene rings is 2. The smallest absolute Gasteiger partial charge is 0.314 e. The Labute approximate surface area is 163 Å². The molecule has 0 aliphatic carbocycles. The van der Waals surface area contributed by atoms with E-state index in [1.807, 2.05) is 0 Å². The van der Waals surface area contributed by atoms with Crippen LogP contribution in [0.5, 0.6) is 0 Å². The van der Waals surface area contributed by atoms with Crippen LogP contribution in [0.2, 0.25) is 0 Å². The minimum atomic E-state index is -1.05. The SMILES string of the molecule is O=C(O)CC(CC(=O)OC(=O)CC(CC(=O)O)c1cccs1)c1cccs1. The molecule has 0 spiro atoms. The molecule has 0 aromatic carbocycles. The molecular weight excluding hydrogens is 392 g/mol. The Balaban J connectivity index is 1.95. The van der Waals surface area contributed by atoms with Gasteiger partial charge in [-0.1, -0.05) is 12.1 Å². The van der Waals surface area contributed by atoms with E-state index in [9.17, 15) is 19.2 Å². The van der Waals surface area contributed by atoms with E-state index in [0.717, 1.165) is 9.75 Å². The summed E-state index contributed by atoms with van der Waals surface area (Å²) in [6.45, 7) is 0. The molecule has 7 nitrogen and oxygen atoms in total. The van der Waals surface area contributed by atoms with E-state index in [4.69, 9.17) is 14.9 Å². The highest BCUT2D eigenvalue weighted by molar-refractivity contribution is 7.10. The van der Waals surface area contributed by atoms with Crippen molar-refractivity contribution in [3.63, 3.8) is 0 Å². The van der Waals surface area contributed by atoms with Crippen LogP contribution in [0.4, 0.5) is 0 Å². The van der Waals surface area contributed by atoms with Crippen molar-refractivity contribution in [2.75, 3.05) is 0 Å². The lowest BCUT2D eigenvalue weighted by Gasteiger charge is -2.14. The van der Waals surface area contributed by atoms with Gasteiger partial charge in [-0.3, -0.25) is 19.2 Å². The molecule has 0 bridgehead atoms. The Kier molecular flexibility index (Phi) is 7.68. The molecule has 0 saturated heterocycles. The molecule has 9 heteroatoms. The monoisotopic (exact) mass is 410 g/mol. The number of rotatable bonds is 10. The highest BCUT2D eigenvalue weighted by Gasteiger charge is 2.25. The number of hydrogen-bond acceptors (Lipinski definition) is 7. The van der Waals surface area contributed by atoms with Gasteiger partial charge in [0.15, 0.2) is 0 Å². The first-order chi connectivity index (χ1) is 12.8. The maximum atomic E-state index is 12.1. The molecule has 0 radical (unpaired) electrons. The molecule has 27 heavy (non-hydrogen) atoms. The Morgan fingerprint density at radius 1 is 0.778 bits per heavy atom. The summed E-state index contributed by atoms with van der Waals surface area (Å²) in [7, 11) is 0. The van der Waals surface area contributed by atoms with Crippen LogP contribution in [0.1, 0.15) is 47.3 Å². The summed E-state index contributed by atoms with van der Waals surface area (Å²) in [6.07, 6.45) is -0.969. The Morgan fingerprint density at radius 2 is 1.19 bits per heavy atom. The van der Waals surface area contributed by atoms with Gasteiger partial charge in [-0.15, -0.1) is 22.7 Å². The van der Waals surface area contributed by atoms with Gasteiger partial charge in [0, 0.05) is 21.6 Å². The lowest BCUT2D eigenvalue weighted by molar-refractivity contribution is -0.160. The van der Waals surface area contributed by atoms with Crippen molar-refractivity contribution in [2.24, 2.45) is 0 Å². The molecule has 0 amide bonds. The second-order valence-corrected chi connectivity index (χ2v) is 7.83. The van der Waals surface area contributed by atoms with Gasteiger partial charge in [-0.25, -0.2) is 0 Å². The molecule has 2 N–H and O–H groups in total. The minimum absolute atomic E-state index is 0.235. The van der Waals surface area contributed by atoms with Crippen molar-refractivity contribution >= 4 is 46.6 Å². The third-order valence-electron chi connectivity index (χ3n) is 3.79. The first-order valence-electron chi connectivity index (χ1n) is 8.09. The van der Waals surface area contributed by atoms with Crippen LogP contribution in [0.25, 0.3) is 0 Å². The predicted octanol–water partition coefficient (Wildman–Crippen LogP) is 3.48. The third-order valence-corrected chi connectivity index (χ3v) is 5.86. The summed E-state index contributed by atoms with van der Waals surface area (Å²) >= 11 is 2.66. The van der Waals surface area contributed by atoms with E-state index in [0.29, 0.717) is 0 Å². The normalized spacial score (nSPS) is 12.9. The maximum Gasteiger partial charge on any atom is 0.314 e. The van der Waals surface area contributed by atoms with E-state index in [1.54, 1.807) is 35.0 Å². The summed E-state index contributed by atoms with van der Waals surface area (Å²) in [5.41, 5.74) is 0. The van der Waals surface area contributed by atoms with Crippen LogP contribution in [0, 0.1) is 0 Å². The fourth-order valence-corrected chi connectivity index (χ4v) is 4.29. The molecule has 0 aliphatic rings. The van der Waals surface area contributed by atoms with Crippen molar-refractivity contribution in [3.05, 3.63) is 44.8 Å². The Bertz CT molecular complexity index is 715. The van der Waals surface area contributed by atoms with E-state index >= 15 is 0 Å². The summed E-state index contributed by atoms with van der Waals surface area (Å²) in [5.74, 6) is -4.89. The second-order valence-electron chi connectivity index (χ2n) is 5.87. The zero-order valence-corrected chi connectivity index (χ0v) is 15.8. The van der Waals surface area contributed by atoms with Crippen LogP contribution in [0.3, 0.4) is 0 Å². The molecule has 2 unspecified atom stereocenters. The first kappa shape index (κ1) is 20.8. The first-order valence-corrected chi connectivity index (χ1v) is 9.85. The van der Waals surface area contributed by atoms with Gasteiger partial charge in [0.05, 0.1) is 25.7 Å². The number of carbonyl (C=O) groups excluding carboxylic acids is 2. The average Bonchev–Trinajstić information content (AvgIpc) is 3.26. The van der Waals surface area contributed by atoms with Crippen molar-refractivity contribution in [1.29, 1.82) is 0 Å². The summed E-state index contributed by atoms with van der Waals surface area (Å²) in [5, 5.41) is 21.6. The summed E-state index contributed by atoms with van der Waals surface area (Å²) in [4.78, 5) is 47.7. The highest BCUT2D eigenvalue weighted by Crippen LogP contribution is 2.30. The fraction of sp³-hybridized carbons (Fsp3) is 0.333.